The first kappa shape index (κ1) is 14.6. The summed E-state index contributed by atoms with van der Waals surface area (Å²) in [5.41, 5.74) is 0. The van der Waals surface area contributed by atoms with Crippen molar-refractivity contribution in [2.45, 2.75) is 25.4 Å². The van der Waals surface area contributed by atoms with E-state index in [0.29, 0.717) is 12.2 Å². The molecule has 6 heteroatoms. The molecule has 90 valence electrons. The van der Waals surface area contributed by atoms with Crippen molar-refractivity contribution in [3.8, 4) is 12.3 Å². The SMILES string of the molecule is C#CC(C)NC(=O)N[C@H](CCSC)C(=O)O. The number of thioether (sulfide) groups is 1. The van der Waals surface area contributed by atoms with Gasteiger partial charge in [-0.3, -0.25) is 0 Å². The molecule has 0 aromatic rings. The Bertz CT molecular complexity index is 288. The molecule has 0 aliphatic rings. The fourth-order valence-corrected chi connectivity index (χ4v) is 1.40. The lowest BCUT2D eigenvalue weighted by Crippen LogP contribution is -2.48. The predicted molar refractivity (Wildman–Crippen MR) is 64.4 cm³/mol. The first-order chi connectivity index (χ1) is 7.51. The number of hydrogen-bond donors (Lipinski definition) is 3. The second kappa shape index (κ2) is 7.88. The van der Waals surface area contributed by atoms with Gasteiger partial charge in [-0.1, -0.05) is 5.92 Å². The van der Waals surface area contributed by atoms with Gasteiger partial charge in [0.1, 0.15) is 6.04 Å². The highest BCUT2D eigenvalue weighted by molar-refractivity contribution is 7.98. The number of aliphatic carboxylic acids is 1. The molecule has 2 atom stereocenters. The van der Waals surface area contributed by atoms with E-state index in [1.165, 1.54) is 11.8 Å². The molecule has 0 heterocycles. The standard InChI is InChI=1S/C10H16N2O3S/c1-4-7(2)11-10(15)12-8(9(13)14)5-6-16-3/h1,7-8H,5-6H2,2-3H3,(H,13,14)(H2,11,12,15)/t7?,8-/m1/s1. The number of hydrogen-bond acceptors (Lipinski definition) is 3. The Kier molecular flexibility index (Phi) is 7.21. The highest BCUT2D eigenvalue weighted by Gasteiger charge is 2.19. The molecule has 0 aromatic carbocycles. The Morgan fingerprint density at radius 1 is 1.50 bits per heavy atom. The Labute approximate surface area is 99.4 Å². The van der Waals surface area contributed by atoms with Crippen molar-refractivity contribution in [3.05, 3.63) is 0 Å². The monoisotopic (exact) mass is 244 g/mol. The smallest absolute Gasteiger partial charge is 0.326 e. The highest BCUT2D eigenvalue weighted by Crippen LogP contribution is 2.00. The number of carboxylic acids is 1. The Balaban J connectivity index is 4.14. The summed E-state index contributed by atoms with van der Waals surface area (Å²) in [4.78, 5) is 22.1. The maximum atomic E-state index is 11.3. The van der Waals surface area contributed by atoms with E-state index in [2.05, 4.69) is 16.6 Å². The van der Waals surface area contributed by atoms with E-state index < -0.39 is 24.1 Å². The summed E-state index contributed by atoms with van der Waals surface area (Å²) >= 11 is 1.53. The average molecular weight is 244 g/mol. The van der Waals surface area contributed by atoms with Crippen LogP contribution < -0.4 is 10.6 Å². The molecule has 1 unspecified atom stereocenters. The predicted octanol–water partition coefficient (Wildman–Crippen LogP) is 0.514. The third-order valence-electron chi connectivity index (χ3n) is 1.81. The van der Waals surface area contributed by atoms with Crippen molar-refractivity contribution < 1.29 is 14.7 Å². The number of carbonyl (C=O) groups excluding carboxylic acids is 1. The molecule has 0 radical (unpaired) electrons. The number of amides is 2. The van der Waals surface area contributed by atoms with Gasteiger partial charge in [-0.2, -0.15) is 11.8 Å². The van der Waals surface area contributed by atoms with Gasteiger partial charge in [0, 0.05) is 0 Å². The van der Waals surface area contributed by atoms with Crippen LogP contribution in [0, 0.1) is 12.3 Å². The van der Waals surface area contributed by atoms with Gasteiger partial charge in [-0.05, 0) is 25.4 Å². The van der Waals surface area contributed by atoms with E-state index in [-0.39, 0.29) is 0 Å². The van der Waals surface area contributed by atoms with Gasteiger partial charge in [0.05, 0.1) is 6.04 Å². The zero-order valence-corrected chi connectivity index (χ0v) is 10.1. The molecule has 0 aromatic heterocycles. The highest BCUT2D eigenvalue weighted by atomic mass is 32.2. The van der Waals surface area contributed by atoms with Gasteiger partial charge in [-0.25, -0.2) is 9.59 Å². The van der Waals surface area contributed by atoms with Crippen LogP contribution in [0.25, 0.3) is 0 Å². The second-order valence-corrected chi connectivity index (χ2v) is 4.16. The maximum absolute atomic E-state index is 11.3. The lowest BCUT2D eigenvalue weighted by molar-refractivity contribution is -0.139. The lowest BCUT2D eigenvalue weighted by Gasteiger charge is -2.15. The lowest BCUT2D eigenvalue weighted by atomic mass is 10.2. The number of carbonyl (C=O) groups is 2. The first-order valence-electron chi connectivity index (χ1n) is 4.76. The van der Waals surface area contributed by atoms with E-state index in [1.54, 1.807) is 6.92 Å². The molecule has 2 amide bonds. The molecule has 0 saturated heterocycles. The molecular formula is C10H16N2O3S. The molecule has 0 aliphatic heterocycles. The molecule has 0 bridgehead atoms. The van der Waals surface area contributed by atoms with Crippen LogP contribution in [-0.4, -0.2) is 41.2 Å². The Morgan fingerprint density at radius 3 is 2.56 bits per heavy atom. The summed E-state index contributed by atoms with van der Waals surface area (Å²) in [6, 6.07) is -1.86. The van der Waals surface area contributed by atoms with Crippen molar-refractivity contribution in [2.24, 2.45) is 0 Å². The topological polar surface area (TPSA) is 78.4 Å². The van der Waals surface area contributed by atoms with E-state index in [0.717, 1.165) is 0 Å². The van der Waals surface area contributed by atoms with Crippen LogP contribution in [0.15, 0.2) is 0 Å². The number of nitrogens with one attached hydrogen (secondary N) is 2. The van der Waals surface area contributed by atoms with E-state index in [9.17, 15) is 9.59 Å². The van der Waals surface area contributed by atoms with Gasteiger partial charge < -0.3 is 15.7 Å². The Morgan fingerprint density at radius 2 is 2.12 bits per heavy atom. The van der Waals surface area contributed by atoms with Gasteiger partial charge in [0.25, 0.3) is 0 Å². The van der Waals surface area contributed by atoms with Crippen molar-refractivity contribution >= 4 is 23.8 Å². The third kappa shape index (κ3) is 6.19. The van der Waals surface area contributed by atoms with Gasteiger partial charge in [0.15, 0.2) is 0 Å². The second-order valence-electron chi connectivity index (χ2n) is 3.18. The quantitative estimate of drug-likeness (QED) is 0.595. The Hall–Kier alpha value is -1.35. The summed E-state index contributed by atoms with van der Waals surface area (Å²) in [6.07, 6.45) is 7.34. The number of rotatable bonds is 6. The average Bonchev–Trinajstić information content (AvgIpc) is 2.23. The summed E-state index contributed by atoms with van der Waals surface area (Å²) in [5, 5.41) is 13.6. The maximum Gasteiger partial charge on any atom is 0.326 e. The minimum Gasteiger partial charge on any atom is -0.480 e. The van der Waals surface area contributed by atoms with Crippen LogP contribution in [-0.2, 0) is 4.79 Å². The largest absolute Gasteiger partial charge is 0.480 e. The zero-order chi connectivity index (χ0) is 12.6. The van der Waals surface area contributed by atoms with Gasteiger partial charge in [0.2, 0.25) is 0 Å². The molecule has 0 rings (SSSR count). The zero-order valence-electron chi connectivity index (χ0n) is 9.32. The van der Waals surface area contributed by atoms with Crippen LogP contribution >= 0.6 is 11.8 Å². The van der Waals surface area contributed by atoms with Gasteiger partial charge >= 0.3 is 12.0 Å². The third-order valence-corrected chi connectivity index (χ3v) is 2.46. The fraction of sp³-hybridized carbons (Fsp3) is 0.600. The molecule has 16 heavy (non-hydrogen) atoms. The molecular weight excluding hydrogens is 228 g/mol. The number of terminal acetylenes is 1. The summed E-state index contributed by atoms with van der Waals surface area (Å²) in [7, 11) is 0. The minimum absolute atomic E-state index is 0.383. The first-order valence-corrected chi connectivity index (χ1v) is 6.15. The summed E-state index contributed by atoms with van der Waals surface area (Å²) in [6.45, 7) is 1.64. The number of carboxylic acid groups (broad SMARTS) is 1. The molecule has 0 spiro atoms. The summed E-state index contributed by atoms with van der Waals surface area (Å²) < 4.78 is 0. The molecule has 3 N–H and O–H groups in total. The van der Waals surface area contributed by atoms with Crippen molar-refractivity contribution in [2.75, 3.05) is 12.0 Å². The van der Waals surface area contributed by atoms with Crippen molar-refractivity contribution in [3.63, 3.8) is 0 Å². The molecule has 0 saturated carbocycles. The van der Waals surface area contributed by atoms with Crippen LogP contribution in [0.1, 0.15) is 13.3 Å². The van der Waals surface area contributed by atoms with Gasteiger partial charge in [-0.15, -0.1) is 6.42 Å². The van der Waals surface area contributed by atoms with Crippen LogP contribution in [0.5, 0.6) is 0 Å². The van der Waals surface area contributed by atoms with E-state index >= 15 is 0 Å². The fourth-order valence-electron chi connectivity index (χ4n) is 0.931. The van der Waals surface area contributed by atoms with Crippen LogP contribution in [0.4, 0.5) is 4.79 Å². The van der Waals surface area contributed by atoms with Crippen LogP contribution in [0.2, 0.25) is 0 Å². The molecule has 0 fully saturated rings. The molecule has 0 aliphatic carbocycles. The van der Waals surface area contributed by atoms with Crippen molar-refractivity contribution in [1.29, 1.82) is 0 Å². The van der Waals surface area contributed by atoms with E-state index in [1.807, 2.05) is 6.26 Å². The normalized spacial score (nSPS) is 13.3. The van der Waals surface area contributed by atoms with Crippen molar-refractivity contribution in [1.82, 2.24) is 10.6 Å². The van der Waals surface area contributed by atoms with E-state index in [4.69, 9.17) is 11.5 Å². The number of urea groups is 1. The minimum atomic E-state index is -1.04. The molecule has 5 nitrogen and oxygen atoms in total. The van der Waals surface area contributed by atoms with Crippen LogP contribution in [0.3, 0.4) is 0 Å². The summed E-state index contributed by atoms with van der Waals surface area (Å²) in [5.74, 6) is 1.94.